The van der Waals surface area contributed by atoms with E-state index in [-0.39, 0.29) is 18.2 Å². The molecular formula is C21H19N3O5S2. The Morgan fingerprint density at radius 3 is 2.45 bits per heavy atom. The molecule has 0 saturated carbocycles. The van der Waals surface area contributed by atoms with Gasteiger partial charge in [-0.05, 0) is 53.6 Å². The third-order valence-electron chi connectivity index (χ3n) is 3.75. The van der Waals surface area contributed by atoms with Crippen LogP contribution in [0.4, 0.5) is 0 Å². The zero-order valence-electron chi connectivity index (χ0n) is 16.5. The molecule has 0 aliphatic rings. The number of hydrogen-bond donors (Lipinski definition) is 2. The molecule has 10 heteroatoms. The highest BCUT2D eigenvalue weighted by molar-refractivity contribution is 7.12. The van der Waals surface area contributed by atoms with Crippen molar-refractivity contribution < 1.29 is 23.9 Å². The normalized spacial score (nSPS) is 10.6. The van der Waals surface area contributed by atoms with E-state index in [9.17, 15) is 14.4 Å². The summed E-state index contributed by atoms with van der Waals surface area (Å²) in [6.45, 7) is 2.00. The standard InChI is InChI=1S/C21H19N3O5S2/c1-2-28-16-11-14(7-8-15(16)29-21(27)18-6-4-10-31-18)12-23-24-19(25)13-22-20(26)17-5-3-9-30-17/h3-12H,2,13H2,1H3,(H,22,26)(H,24,25). The van der Waals surface area contributed by atoms with Gasteiger partial charge < -0.3 is 14.8 Å². The Morgan fingerprint density at radius 2 is 1.77 bits per heavy atom. The molecule has 160 valence electrons. The van der Waals surface area contributed by atoms with Gasteiger partial charge in [0.15, 0.2) is 11.5 Å². The van der Waals surface area contributed by atoms with Crippen molar-refractivity contribution in [3.63, 3.8) is 0 Å². The lowest BCUT2D eigenvalue weighted by Crippen LogP contribution is -2.34. The van der Waals surface area contributed by atoms with Crippen molar-refractivity contribution in [1.82, 2.24) is 10.7 Å². The predicted octanol–water partition coefficient (Wildman–Crippen LogP) is 3.31. The van der Waals surface area contributed by atoms with Gasteiger partial charge in [-0.1, -0.05) is 12.1 Å². The van der Waals surface area contributed by atoms with Gasteiger partial charge in [0.2, 0.25) is 0 Å². The summed E-state index contributed by atoms with van der Waals surface area (Å²) in [7, 11) is 0. The highest BCUT2D eigenvalue weighted by Crippen LogP contribution is 2.29. The van der Waals surface area contributed by atoms with E-state index in [4.69, 9.17) is 9.47 Å². The summed E-state index contributed by atoms with van der Waals surface area (Å²) in [4.78, 5) is 36.9. The third kappa shape index (κ3) is 6.49. The summed E-state index contributed by atoms with van der Waals surface area (Å²) in [5.41, 5.74) is 2.97. The van der Waals surface area contributed by atoms with Crippen LogP contribution < -0.4 is 20.2 Å². The Bertz CT molecular complexity index is 1060. The Balaban J connectivity index is 1.56. The lowest BCUT2D eigenvalue weighted by Gasteiger charge is -2.10. The second kappa shape index (κ2) is 11.0. The van der Waals surface area contributed by atoms with E-state index in [0.717, 1.165) is 0 Å². The molecule has 2 aromatic heterocycles. The summed E-state index contributed by atoms with van der Waals surface area (Å²) >= 11 is 2.58. The average molecular weight is 458 g/mol. The molecule has 2 N–H and O–H groups in total. The van der Waals surface area contributed by atoms with Gasteiger partial charge in [0.1, 0.15) is 4.88 Å². The largest absolute Gasteiger partial charge is 0.490 e. The van der Waals surface area contributed by atoms with Crippen LogP contribution in [0, 0.1) is 0 Å². The van der Waals surface area contributed by atoms with E-state index in [0.29, 0.717) is 27.7 Å². The molecule has 0 radical (unpaired) electrons. The maximum absolute atomic E-state index is 12.2. The van der Waals surface area contributed by atoms with Gasteiger partial charge in [0, 0.05) is 0 Å². The smallest absolute Gasteiger partial charge is 0.353 e. The molecule has 2 heterocycles. The molecule has 3 rings (SSSR count). The first-order valence-electron chi connectivity index (χ1n) is 9.23. The van der Waals surface area contributed by atoms with Crippen molar-refractivity contribution >= 4 is 46.7 Å². The fraction of sp³-hybridized carbons (Fsp3) is 0.143. The minimum absolute atomic E-state index is 0.199. The molecule has 0 unspecified atom stereocenters. The highest BCUT2D eigenvalue weighted by atomic mass is 32.1. The minimum atomic E-state index is -0.465. The summed E-state index contributed by atoms with van der Waals surface area (Å²) in [6, 6.07) is 11.8. The van der Waals surface area contributed by atoms with Crippen LogP contribution in [-0.4, -0.2) is 37.1 Å². The number of hydrogen-bond acceptors (Lipinski definition) is 8. The zero-order chi connectivity index (χ0) is 22.1. The van der Waals surface area contributed by atoms with Crippen LogP contribution in [-0.2, 0) is 4.79 Å². The number of amides is 2. The van der Waals surface area contributed by atoms with Crippen LogP contribution in [0.2, 0.25) is 0 Å². The molecule has 0 fully saturated rings. The Labute approximate surface area is 186 Å². The molecule has 8 nitrogen and oxygen atoms in total. The fourth-order valence-corrected chi connectivity index (χ4v) is 3.62. The number of benzene rings is 1. The number of nitrogens with one attached hydrogen (secondary N) is 2. The Morgan fingerprint density at radius 1 is 1.03 bits per heavy atom. The first-order chi connectivity index (χ1) is 15.1. The quantitative estimate of drug-likeness (QED) is 0.222. The second-order valence-corrected chi connectivity index (χ2v) is 7.85. The van der Waals surface area contributed by atoms with Crippen molar-refractivity contribution in [2.75, 3.05) is 13.2 Å². The highest BCUT2D eigenvalue weighted by Gasteiger charge is 2.14. The van der Waals surface area contributed by atoms with Gasteiger partial charge in [-0.3, -0.25) is 9.59 Å². The van der Waals surface area contributed by atoms with E-state index < -0.39 is 11.9 Å². The third-order valence-corrected chi connectivity index (χ3v) is 5.47. The van der Waals surface area contributed by atoms with Gasteiger partial charge in [-0.15, -0.1) is 22.7 Å². The number of nitrogens with zero attached hydrogens (tertiary/aromatic N) is 1. The second-order valence-electron chi connectivity index (χ2n) is 5.96. The van der Waals surface area contributed by atoms with Crippen LogP contribution in [0.1, 0.15) is 31.8 Å². The van der Waals surface area contributed by atoms with Crippen LogP contribution in [0.15, 0.2) is 58.3 Å². The van der Waals surface area contributed by atoms with E-state index in [1.807, 2.05) is 6.92 Å². The predicted molar refractivity (Wildman–Crippen MR) is 119 cm³/mol. The molecule has 0 aliphatic heterocycles. The number of carbonyl (C=O) groups excluding carboxylic acids is 3. The van der Waals surface area contributed by atoms with Gasteiger partial charge >= 0.3 is 5.97 Å². The van der Waals surface area contributed by atoms with E-state index in [1.165, 1.54) is 28.9 Å². The molecule has 0 aliphatic carbocycles. The lowest BCUT2D eigenvalue weighted by molar-refractivity contribution is -0.120. The zero-order valence-corrected chi connectivity index (χ0v) is 18.1. The molecule has 0 saturated heterocycles. The molecule has 31 heavy (non-hydrogen) atoms. The molecule has 0 spiro atoms. The number of ether oxygens (including phenoxy) is 2. The SMILES string of the molecule is CCOc1cc(C=NNC(=O)CNC(=O)c2cccs2)ccc1OC(=O)c1cccs1. The number of rotatable bonds is 9. The Kier molecular flexibility index (Phi) is 7.91. The van der Waals surface area contributed by atoms with E-state index >= 15 is 0 Å². The van der Waals surface area contributed by atoms with Crippen molar-refractivity contribution in [1.29, 1.82) is 0 Å². The summed E-state index contributed by atoms with van der Waals surface area (Å²) < 4.78 is 11.0. The van der Waals surface area contributed by atoms with Gasteiger partial charge in [-0.25, -0.2) is 10.2 Å². The first kappa shape index (κ1) is 22.2. The minimum Gasteiger partial charge on any atom is -0.490 e. The number of hydrazone groups is 1. The molecule has 3 aromatic rings. The van der Waals surface area contributed by atoms with Crippen LogP contribution >= 0.6 is 22.7 Å². The number of thiophene rings is 2. The van der Waals surface area contributed by atoms with Crippen molar-refractivity contribution in [2.45, 2.75) is 6.92 Å². The summed E-state index contributed by atoms with van der Waals surface area (Å²) in [5.74, 6) is -0.575. The van der Waals surface area contributed by atoms with Crippen LogP contribution in [0.5, 0.6) is 11.5 Å². The van der Waals surface area contributed by atoms with Crippen LogP contribution in [0.25, 0.3) is 0 Å². The maximum atomic E-state index is 12.2. The lowest BCUT2D eigenvalue weighted by atomic mass is 10.2. The maximum Gasteiger partial charge on any atom is 0.353 e. The molecule has 0 bridgehead atoms. The van der Waals surface area contributed by atoms with Gasteiger partial charge in [0.25, 0.3) is 11.8 Å². The monoisotopic (exact) mass is 457 g/mol. The fourth-order valence-electron chi connectivity index (χ4n) is 2.38. The van der Waals surface area contributed by atoms with Crippen molar-refractivity contribution in [3.05, 3.63) is 68.5 Å². The summed E-state index contributed by atoms with van der Waals surface area (Å²) in [5, 5.41) is 9.97. The number of carbonyl (C=O) groups is 3. The van der Waals surface area contributed by atoms with E-state index in [1.54, 1.807) is 53.2 Å². The Hall–Kier alpha value is -3.50. The molecule has 2 amide bonds. The van der Waals surface area contributed by atoms with Gasteiger partial charge in [0.05, 0.1) is 24.2 Å². The average Bonchev–Trinajstić information content (AvgIpc) is 3.48. The molecule has 1 aromatic carbocycles. The number of esters is 1. The first-order valence-corrected chi connectivity index (χ1v) is 11.0. The van der Waals surface area contributed by atoms with Crippen LogP contribution in [0.3, 0.4) is 0 Å². The van der Waals surface area contributed by atoms with E-state index in [2.05, 4.69) is 15.8 Å². The van der Waals surface area contributed by atoms with Gasteiger partial charge in [-0.2, -0.15) is 5.10 Å². The molecule has 0 atom stereocenters. The topological polar surface area (TPSA) is 106 Å². The summed E-state index contributed by atoms with van der Waals surface area (Å²) in [6.07, 6.45) is 1.42. The van der Waals surface area contributed by atoms with Crippen molar-refractivity contribution in [2.24, 2.45) is 5.10 Å². The molecular weight excluding hydrogens is 438 g/mol. The van der Waals surface area contributed by atoms with Crippen molar-refractivity contribution in [3.8, 4) is 11.5 Å².